The van der Waals surface area contributed by atoms with Crippen LogP contribution in [0.15, 0.2) is 18.2 Å². The van der Waals surface area contributed by atoms with Gasteiger partial charge in [-0.15, -0.1) is 0 Å². The summed E-state index contributed by atoms with van der Waals surface area (Å²) in [6.07, 6.45) is -0.939. The van der Waals surface area contributed by atoms with Crippen molar-refractivity contribution in [3.63, 3.8) is 0 Å². The summed E-state index contributed by atoms with van der Waals surface area (Å²) in [7, 11) is 0.883. The van der Waals surface area contributed by atoms with Crippen LogP contribution >= 0.6 is 0 Å². The average molecular weight is 234 g/mol. The van der Waals surface area contributed by atoms with E-state index in [1.807, 2.05) is 0 Å². The first kappa shape index (κ1) is 12.5. The molecule has 6 heteroatoms. The van der Waals surface area contributed by atoms with E-state index in [1.165, 1.54) is 0 Å². The Balaban J connectivity index is 2.92. The number of benzene rings is 1. The number of rotatable bonds is 3. The minimum absolute atomic E-state index is 0.322. The number of methoxy groups -OCH3 is 1. The number of aliphatic hydroxyl groups is 1. The minimum atomic E-state index is -3.33. The Morgan fingerprint density at radius 1 is 1.50 bits per heavy atom. The third-order valence-corrected chi connectivity index (χ3v) is 1.94. The van der Waals surface area contributed by atoms with Gasteiger partial charge in [0.15, 0.2) is 0 Å². The molecule has 0 aliphatic heterocycles. The van der Waals surface area contributed by atoms with Gasteiger partial charge in [0.2, 0.25) is 0 Å². The lowest BCUT2D eigenvalue weighted by Gasteiger charge is -2.16. The van der Waals surface area contributed by atoms with Crippen molar-refractivity contribution in [3.8, 4) is 0 Å². The largest absolute Gasteiger partial charge is 0.465 e. The fourth-order valence-electron chi connectivity index (χ4n) is 1.15. The lowest BCUT2D eigenvalue weighted by Crippen LogP contribution is -2.37. The van der Waals surface area contributed by atoms with Crippen molar-refractivity contribution in [2.24, 2.45) is 0 Å². The van der Waals surface area contributed by atoms with E-state index in [0.717, 1.165) is 19.2 Å². The number of ether oxygens (including phenoxy) is 1. The van der Waals surface area contributed by atoms with Crippen LogP contribution in [0.3, 0.4) is 0 Å². The maximum Gasteiger partial charge on any atom is 0.371 e. The maximum absolute atomic E-state index is 13.3. The first-order valence-corrected chi connectivity index (χ1v) is 4.30. The van der Waals surface area contributed by atoms with Gasteiger partial charge >= 0.3 is 11.8 Å². The van der Waals surface area contributed by atoms with Crippen molar-refractivity contribution in [1.82, 2.24) is 0 Å². The molecule has 0 amide bonds. The van der Waals surface area contributed by atoms with Crippen molar-refractivity contribution in [3.05, 3.63) is 35.4 Å². The molecule has 0 fully saturated rings. The van der Waals surface area contributed by atoms with Gasteiger partial charge in [-0.2, -0.15) is 4.39 Å². The zero-order chi connectivity index (χ0) is 12.3. The molecule has 0 saturated carbocycles. The number of halogens is 3. The second-order valence-electron chi connectivity index (χ2n) is 3.16. The Hall–Kier alpha value is -1.56. The summed E-state index contributed by atoms with van der Waals surface area (Å²) in [4.78, 5) is 10.8. The van der Waals surface area contributed by atoms with Gasteiger partial charge in [-0.3, -0.25) is 0 Å². The molecule has 0 aromatic heterocycles. The molecule has 1 rings (SSSR count). The molecule has 0 radical (unpaired) electrons. The number of alkyl halides is 1. The normalized spacial score (nSPS) is 14.3. The molecule has 0 bridgehead atoms. The highest BCUT2D eigenvalue weighted by Crippen LogP contribution is 2.19. The zero-order valence-electron chi connectivity index (χ0n) is 8.34. The van der Waals surface area contributed by atoms with Gasteiger partial charge in [0.25, 0.3) is 0 Å². The summed E-state index contributed by atoms with van der Waals surface area (Å²) in [6, 6.07) is 2.37. The van der Waals surface area contributed by atoms with Crippen LogP contribution in [-0.2, 0) is 16.0 Å². The minimum Gasteiger partial charge on any atom is -0.465 e. The SMILES string of the molecule is COC(=O)C(O)(F)Cc1ccc(F)cc1F. The highest BCUT2D eigenvalue weighted by atomic mass is 19.2. The van der Waals surface area contributed by atoms with E-state index in [-0.39, 0.29) is 5.56 Å². The lowest BCUT2D eigenvalue weighted by molar-refractivity contribution is -0.183. The standard InChI is InChI=1S/C10H9F3O3/c1-16-9(14)10(13,15)5-6-2-3-7(11)4-8(6)12/h2-4,15H,5H2,1H3. The van der Waals surface area contributed by atoms with Crippen LogP contribution < -0.4 is 0 Å². The predicted molar refractivity (Wildman–Crippen MR) is 48.1 cm³/mol. The topological polar surface area (TPSA) is 46.5 Å². The third kappa shape index (κ3) is 2.73. The molecule has 16 heavy (non-hydrogen) atoms. The Bertz CT molecular complexity index is 404. The quantitative estimate of drug-likeness (QED) is 0.803. The van der Waals surface area contributed by atoms with Crippen LogP contribution in [0.5, 0.6) is 0 Å². The Morgan fingerprint density at radius 2 is 2.12 bits per heavy atom. The molecule has 0 spiro atoms. The second kappa shape index (κ2) is 4.52. The fourth-order valence-corrected chi connectivity index (χ4v) is 1.15. The number of carbonyl (C=O) groups excluding carboxylic acids is 1. The van der Waals surface area contributed by atoms with E-state index >= 15 is 0 Å². The van der Waals surface area contributed by atoms with Gasteiger partial charge in [0.1, 0.15) is 11.6 Å². The van der Waals surface area contributed by atoms with Gasteiger partial charge in [-0.05, 0) is 11.6 Å². The molecule has 0 heterocycles. The van der Waals surface area contributed by atoms with E-state index in [1.54, 1.807) is 0 Å². The predicted octanol–water partition coefficient (Wildman–Crippen LogP) is 1.34. The Morgan fingerprint density at radius 3 is 2.62 bits per heavy atom. The van der Waals surface area contributed by atoms with Crippen molar-refractivity contribution >= 4 is 5.97 Å². The van der Waals surface area contributed by atoms with E-state index < -0.39 is 29.9 Å². The number of hydrogen-bond acceptors (Lipinski definition) is 3. The summed E-state index contributed by atoms with van der Waals surface area (Å²) in [6.45, 7) is 0. The average Bonchev–Trinajstić information content (AvgIpc) is 2.21. The van der Waals surface area contributed by atoms with Crippen LogP contribution in [0.1, 0.15) is 5.56 Å². The maximum atomic E-state index is 13.3. The van der Waals surface area contributed by atoms with Gasteiger partial charge in [-0.25, -0.2) is 13.6 Å². The van der Waals surface area contributed by atoms with Gasteiger partial charge in [0, 0.05) is 12.5 Å². The molecule has 1 atom stereocenters. The Labute approximate surface area is 89.5 Å². The van der Waals surface area contributed by atoms with Crippen molar-refractivity contribution < 1.29 is 27.8 Å². The highest BCUT2D eigenvalue weighted by molar-refractivity contribution is 5.77. The molecule has 1 aromatic rings. The van der Waals surface area contributed by atoms with Gasteiger partial charge < -0.3 is 9.84 Å². The number of hydrogen-bond donors (Lipinski definition) is 1. The molecular weight excluding hydrogens is 225 g/mol. The van der Waals surface area contributed by atoms with Crippen molar-refractivity contribution in [2.75, 3.05) is 7.11 Å². The van der Waals surface area contributed by atoms with E-state index in [0.29, 0.717) is 6.07 Å². The summed E-state index contributed by atoms with van der Waals surface area (Å²) in [5.41, 5.74) is -0.322. The van der Waals surface area contributed by atoms with E-state index in [9.17, 15) is 18.0 Å². The van der Waals surface area contributed by atoms with Gasteiger partial charge in [0.05, 0.1) is 7.11 Å². The molecule has 1 N–H and O–H groups in total. The second-order valence-corrected chi connectivity index (χ2v) is 3.16. The van der Waals surface area contributed by atoms with Crippen LogP contribution in [0.25, 0.3) is 0 Å². The fraction of sp³-hybridized carbons (Fsp3) is 0.300. The summed E-state index contributed by atoms with van der Waals surface area (Å²) in [5.74, 6) is -6.73. The third-order valence-electron chi connectivity index (χ3n) is 1.94. The van der Waals surface area contributed by atoms with Crippen LogP contribution in [0.2, 0.25) is 0 Å². The molecule has 0 aliphatic rings. The Kier molecular flexibility index (Phi) is 3.54. The van der Waals surface area contributed by atoms with Gasteiger partial charge in [-0.1, -0.05) is 6.07 Å². The van der Waals surface area contributed by atoms with Crippen LogP contribution in [0.4, 0.5) is 13.2 Å². The van der Waals surface area contributed by atoms with Crippen molar-refractivity contribution in [2.45, 2.75) is 12.3 Å². The highest BCUT2D eigenvalue weighted by Gasteiger charge is 2.38. The van der Waals surface area contributed by atoms with E-state index in [4.69, 9.17) is 5.11 Å². The molecule has 1 aromatic carbocycles. The molecule has 3 nitrogen and oxygen atoms in total. The summed E-state index contributed by atoms with van der Waals surface area (Å²) < 4.78 is 42.9. The molecular formula is C10H9F3O3. The molecule has 0 saturated heterocycles. The smallest absolute Gasteiger partial charge is 0.371 e. The van der Waals surface area contributed by atoms with Crippen LogP contribution in [0, 0.1) is 11.6 Å². The number of esters is 1. The first-order chi connectivity index (χ1) is 7.36. The first-order valence-electron chi connectivity index (χ1n) is 4.30. The number of carbonyl (C=O) groups is 1. The summed E-state index contributed by atoms with van der Waals surface area (Å²) in [5, 5.41) is 9.03. The lowest BCUT2D eigenvalue weighted by atomic mass is 10.1. The monoisotopic (exact) mass is 234 g/mol. The molecule has 88 valence electrons. The van der Waals surface area contributed by atoms with E-state index in [2.05, 4.69) is 4.74 Å². The molecule has 1 unspecified atom stereocenters. The van der Waals surface area contributed by atoms with Crippen molar-refractivity contribution in [1.29, 1.82) is 0 Å². The van der Waals surface area contributed by atoms with Crippen LogP contribution in [-0.4, -0.2) is 24.0 Å². The summed E-state index contributed by atoms with van der Waals surface area (Å²) >= 11 is 0. The molecule has 0 aliphatic carbocycles. The zero-order valence-corrected chi connectivity index (χ0v) is 8.34.